The zero-order valence-corrected chi connectivity index (χ0v) is 30.7. The molecule has 0 aliphatic carbocycles. The number of carbonyl (C=O) groups is 6. The summed E-state index contributed by atoms with van der Waals surface area (Å²) in [4.78, 5) is 85.8. The lowest BCUT2D eigenvalue weighted by molar-refractivity contribution is -0.143. The Balaban J connectivity index is 1.50. The topological polar surface area (TPSA) is 211 Å². The average Bonchev–Trinajstić information content (AvgIpc) is 3.72. The number of ether oxygens (including phenoxy) is 1. The molecule has 1 fully saturated rings. The van der Waals surface area contributed by atoms with Crippen molar-refractivity contribution in [3.05, 3.63) is 65.9 Å². The van der Waals surface area contributed by atoms with Gasteiger partial charge in [0.25, 0.3) is 5.91 Å². The normalized spacial score (nSPS) is 24.5. The number of aliphatic hydroxyl groups excluding tert-OH is 1. The van der Waals surface area contributed by atoms with Gasteiger partial charge < -0.3 is 46.3 Å². The van der Waals surface area contributed by atoms with Gasteiger partial charge in [0, 0.05) is 48.1 Å². The summed E-state index contributed by atoms with van der Waals surface area (Å²) in [5, 5.41) is 25.1. The standard InChI is InChI=1S/C38H49N7O8/c1-21-33(48)39-15-14-23-10-12-26(13-11-23)53-20-31(47)43-29(16-24-18-40-28-9-7-6-8-27(24)28)36(51)45-19-25(42-37(52)38(3,4)5)17-30(45)34(49)44-32(22(2)46)35(50)41-21/h6-13,18,21-22,25,29-30,32,40,46H,14-17,19-20H2,1-5H3,(H,39,48)(H,41,50)(H,42,52)(H,43,47)(H,44,49)/t21-,22+,25-,29+,30-,32-/m0/s1. The molecule has 15 nitrogen and oxygen atoms in total. The highest BCUT2D eigenvalue weighted by Gasteiger charge is 2.44. The zero-order valence-electron chi connectivity index (χ0n) is 30.7. The Morgan fingerprint density at radius 1 is 0.981 bits per heavy atom. The van der Waals surface area contributed by atoms with Crippen LogP contribution in [0, 0.1) is 5.41 Å². The van der Waals surface area contributed by atoms with Gasteiger partial charge in [-0.3, -0.25) is 28.8 Å². The van der Waals surface area contributed by atoms with E-state index in [9.17, 15) is 33.9 Å². The first-order valence-electron chi connectivity index (χ1n) is 17.8. The highest BCUT2D eigenvalue weighted by atomic mass is 16.5. The average molecular weight is 732 g/mol. The molecular formula is C38H49N7O8. The molecule has 3 aliphatic heterocycles. The number of benzene rings is 2. The van der Waals surface area contributed by atoms with Crippen LogP contribution in [0.1, 0.15) is 52.2 Å². The molecule has 1 saturated heterocycles. The van der Waals surface area contributed by atoms with Gasteiger partial charge in [-0.1, -0.05) is 51.1 Å². The summed E-state index contributed by atoms with van der Waals surface area (Å²) in [6.07, 6.45) is 0.924. The molecule has 4 heterocycles. The van der Waals surface area contributed by atoms with Crippen LogP contribution in [-0.2, 0) is 41.6 Å². The number of rotatable bonds is 4. The number of amides is 6. The minimum atomic E-state index is -1.48. The van der Waals surface area contributed by atoms with Crippen molar-refractivity contribution in [1.29, 1.82) is 0 Å². The van der Waals surface area contributed by atoms with Crippen molar-refractivity contribution in [3.63, 3.8) is 0 Å². The Labute approximate surface area is 308 Å². The zero-order chi connectivity index (χ0) is 38.4. The number of carbonyl (C=O) groups excluding carboxylic acids is 6. The van der Waals surface area contributed by atoms with E-state index in [1.807, 2.05) is 24.3 Å². The summed E-state index contributed by atoms with van der Waals surface area (Å²) in [6.45, 7) is 7.84. The van der Waals surface area contributed by atoms with Crippen molar-refractivity contribution < 1.29 is 38.6 Å². The fourth-order valence-corrected chi connectivity index (χ4v) is 6.40. The highest BCUT2D eigenvalue weighted by molar-refractivity contribution is 5.97. The number of hydrogen-bond donors (Lipinski definition) is 7. The smallest absolute Gasteiger partial charge is 0.258 e. The van der Waals surface area contributed by atoms with E-state index < -0.39 is 77.9 Å². The first kappa shape index (κ1) is 38.8. The number of hydrogen-bond acceptors (Lipinski definition) is 8. The Morgan fingerprint density at radius 2 is 1.70 bits per heavy atom. The summed E-state index contributed by atoms with van der Waals surface area (Å²) in [5.74, 6) is -3.05. The van der Waals surface area contributed by atoms with E-state index in [2.05, 4.69) is 31.6 Å². The van der Waals surface area contributed by atoms with E-state index >= 15 is 0 Å². The monoisotopic (exact) mass is 731 g/mol. The van der Waals surface area contributed by atoms with Gasteiger partial charge in [0.15, 0.2) is 6.61 Å². The largest absolute Gasteiger partial charge is 0.484 e. The molecule has 6 amide bonds. The van der Waals surface area contributed by atoms with Gasteiger partial charge in [-0.25, -0.2) is 0 Å². The molecule has 1 aromatic heterocycles. The summed E-state index contributed by atoms with van der Waals surface area (Å²) in [6, 6.07) is 9.05. The Kier molecular flexibility index (Phi) is 12.1. The molecule has 0 saturated carbocycles. The van der Waals surface area contributed by atoms with Crippen LogP contribution in [0.2, 0.25) is 0 Å². The van der Waals surface area contributed by atoms with E-state index in [1.54, 1.807) is 51.2 Å². The van der Waals surface area contributed by atoms with Crippen LogP contribution in [-0.4, -0.2) is 106 Å². The van der Waals surface area contributed by atoms with E-state index in [0.717, 1.165) is 22.0 Å². The molecule has 6 atom stereocenters. The lowest BCUT2D eigenvalue weighted by Crippen LogP contribution is -2.60. The second kappa shape index (κ2) is 16.5. The first-order chi connectivity index (χ1) is 25.1. The summed E-state index contributed by atoms with van der Waals surface area (Å²) < 4.78 is 5.76. The first-order valence-corrected chi connectivity index (χ1v) is 17.8. The minimum Gasteiger partial charge on any atom is -0.484 e. The van der Waals surface area contributed by atoms with Gasteiger partial charge in [0.05, 0.1) is 6.10 Å². The van der Waals surface area contributed by atoms with Crippen LogP contribution in [0.3, 0.4) is 0 Å². The summed E-state index contributed by atoms with van der Waals surface area (Å²) in [7, 11) is 0. The Bertz CT molecular complexity index is 1830. The molecule has 0 unspecified atom stereocenters. The third kappa shape index (κ3) is 9.71. The van der Waals surface area contributed by atoms with Gasteiger partial charge in [0.2, 0.25) is 29.5 Å². The van der Waals surface area contributed by atoms with Crippen molar-refractivity contribution >= 4 is 46.3 Å². The third-order valence-corrected chi connectivity index (χ3v) is 9.46. The van der Waals surface area contributed by atoms with Gasteiger partial charge in [-0.2, -0.15) is 0 Å². The second-order valence-electron chi connectivity index (χ2n) is 14.8. The van der Waals surface area contributed by atoms with Gasteiger partial charge in [0.1, 0.15) is 29.9 Å². The number of aromatic amines is 1. The molecular weight excluding hydrogens is 682 g/mol. The lowest BCUT2D eigenvalue weighted by atomic mass is 9.95. The molecule has 53 heavy (non-hydrogen) atoms. The molecule has 3 aliphatic rings. The molecule has 284 valence electrons. The van der Waals surface area contributed by atoms with Gasteiger partial charge >= 0.3 is 0 Å². The van der Waals surface area contributed by atoms with E-state index in [-0.39, 0.29) is 31.8 Å². The van der Waals surface area contributed by atoms with Crippen molar-refractivity contribution in [2.75, 3.05) is 19.7 Å². The molecule has 6 rings (SSSR count). The van der Waals surface area contributed by atoms with Crippen LogP contribution in [0.4, 0.5) is 0 Å². The predicted molar refractivity (Wildman–Crippen MR) is 195 cm³/mol. The SMILES string of the molecule is C[C@@H]1NC(=O)[C@H]([C@@H](C)O)NC(=O)[C@@H]2C[C@H](NC(=O)C(C)(C)C)CN2C(=O)[C@@H](Cc2c[nH]c3ccccc23)NC(=O)COc2ccc(cc2)CCNC1=O. The van der Waals surface area contributed by atoms with Crippen molar-refractivity contribution in [1.82, 2.24) is 36.5 Å². The number of fused-ring (bicyclic) bond motifs is 17. The molecule has 0 radical (unpaired) electrons. The number of aromatic nitrogens is 1. The van der Waals surface area contributed by atoms with Crippen LogP contribution in [0.15, 0.2) is 54.7 Å². The lowest BCUT2D eigenvalue weighted by Gasteiger charge is -2.30. The predicted octanol–water partition coefficient (Wildman–Crippen LogP) is 0.449. The number of para-hydroxylation sites is 1. The number of nitrogens with zero attached hydrogens (tertiary/aromatic N) is 1. The Morgan fingerprint density at radius 3 is 2.40 bits per heavy atom. The Hall–Kier alpha value is -5.44. The van der Waals surface area contributed by atoms with Crippen LogP contribution in [0.5, 0.6) is 5.75 Å². The van der Waals surface area contributed by atoms with Crippen LogP contribution in [0.25, 0.3) is 10.9 Å². The number of H-pyrrole nitrogens is 1. The van der Waals surface area contributed by atoms with Crippen LogP contribution < -0.4 is 31.3 Å². The summed E-state index contributed by atoms with van der Waals surface area (Å²) in [5.41, 5.74) is 1.71. The minimum absolute atomic E-state index is 0.000785. The fraction of sp³-hybridized carbons (Fsp3) is 0.474. The van der Waals surface area contributed by atoms with Crippen LogP contribution >= 0.6 is 0 Å². The number of nitrogens with one attached hydrogen (secondary N) is 6. The third-order valence-electron chi connectivity index (χ3n) is 9.46. The van der Waals surface area contributed by atoms with E-state index in [4.69, 9.17) is 4.74 Å². The number of aliphatic hydroxyl groups is 1. The maximum absolute atomic E-state index is 14.6. The van der Waals surface area contributed by atoms with E-state index in [0.29, 0.717) is 12.2 Å². The second-order valence-corrected chi connectivity index (χ2v) is 14.8. The van der Waals surface area contributed by atoms with Crippen molar-refractivity contribution in [2.24, 2.45) is 5.41 Å². The maximum atomic E-state index is 14.6. The maximum Gasteiger partial charge on any atom is 0.258 e. The molecule has 7 N–H and O–H groups in total. The van der Waals surface area contributed by atoms with Gasteiger partial charge in [-0.15, -0.1) is 0 Å². The molecule has 0 spiro atoms. The molecule has 3 aromatic rings. The van der Waals surface area contributed by atoms with Gasteiger partial charge in [-0.05, 0) is 56.0 Å². The molecule has 2 aromatic carbocycles. The van der Waals surface area contributed by atoms with Crippen molar-refractivity contribution in [3.8, 4) is 5.75 Å². The van der Waals surface area contributed by atoms with Crippen molar-refractivity contribution in [2.45, 2.75) is 90.2 Å². The fourth-order valence-electron chi connectivity index (χ4n) is 6.40. The quantitative estimate of drug-likeness (QED) is 0.187. The molecule has 2 bridgehead atoms. The van der Waals surface area contributed by atoms with E-state index in [1.165, 1.54) is 18.7 Å². The summed E-state index contributed by atoms with van der Waals surface area (Å²) >= 11 is 0. The molecule has 15 heteroatoms. The highest BCUT2D eigenvalue weighted by Crippen LogP contribution is 2.25.